The first kappa shape index (κ1) is 18.5. The van der Waals surface area contributed by atoms with Crippen LogP contribution >= 0.6 is 0 Å². The van der Waals surface area contributed by atoms with E-state index in [1.54, 1.807) is 23.1 Å². The van der Waals surface area contributed by atoms with Crippen molar-refractivity contribution in [2.45, 2.75) is 17.7 Å². The number of hydrogen-bond donors (Lipinski definition) is 0. The predicted molar refractivity (Wildman–Crippen MR) is 94.0 cm³/mol. The van der Waals surface area contributed by atoms with Crippen molar-refractivity contribution in [1.82, 2.24) is 9.80 Å². The Hall–Kier alpha value is -2.29. The van der Waals surface area contributed by atoms with Crippen molar-refractivity contribution >= 4 is 21.7 Å². The molecule has 0 N–H and O–H groups in total. The van der Waals surface area contributed by atoms with Crippen LogP contribution in [0.3, 0.4) is 0 Å². The topological polar surface area (TPSA) is 93.2 Å². The molecule has 2 fully saturated rings. The molecule has 142 valence electrons. The summed E-state index contributed by atoms with van der Waals surface area (Å²) in [5.74, 6) is -0.0585. The number of carbonyl (C=O) groups is 2. The van der Waals surface area contributed by atoms with E-state index in [0.717, 1.165) is 0 Å². The van der Waals surface area contributed by atoms with E-state index in [9.17, 15) is 18.0 Å². The highest BCUT2D eigenvalue weighted by molar-refractivity contribution is 7.93. The van der Waals surface area contributed by atoms with Crippen molar-refractivity contribution in [1.29, 1.82) is 0 Å². The molecule has 0 saturated carbocycles. The van der Waals surface area contributed by atoms with Crippen molar-refractivity contribution in [2.24, 2.45) is 0 Å². The molecule has 0 aromatic heterocycles. The molecule has 1 aromatic rings. The molecule has 0 atom stereocenters. The summed E-state index contributed by atoms with van der Waals surface area (Å²) in [7, 11) is 0.999. The van der Waals surface area contributed by atoms with Crippen molar-refractivity contribution in [3.8, 4) is 11.5 Å². The highest BCUT2D eigenvalue weighted by Gasteiger charge is 2.57. The first-order valence-electron chi connectivity index (χ1n) is 8.26. The van der Waals surface area contributed by atoms with Gasteiger partial charge in [-0.1, -0.05) is 0 Å². The fraction of sp³-hybridized carbons (Fsp3) is 0.529. The van der Waals surface area contributed by atoms with E-state index in [4.69, 9.17) is 9.47 Å². The predicted octanol–water partition coefficient (Wildman–Crippen LogP) is 0.523. The number of hydrogen-bond acceptors (Lipinski definition) is 6. The average Bonchev–Trinajstić information content (AvgIpc) is 2.80. The van der Waals surface area contributed by atoms with Gasteiger partial charge in [0.25, 0.3) is 5.91 Å². The molecular weight excluding hydrogens is 360 g/mol. The van der Waals surface area contributed by atoms with Crippen LogP contribution in [0.1, 0.15) is 23.2 Å². The van der Waals surface area contributed by atoms with Gasteiger partial charge in [0, 0.05) is 38.5 Å². The molecule has 3 rings (SSSR count). The number of benzene rings is 1. The Balaban J connectivity index is 1.78. The van der Waals surface area contributed by atoms with Gasteiger partial charge in [-0.05, 0) is 18.2 Å². The number of likely N-dealkylation sites (tertiary alicyclic amines) is 1. The molecule has 2 saturated heterocycles. The fourth-order valence-electron chi connectivity index (χ4n) is 3.69. The minimum absolute atomic E-state index is 0.204. The molecule has 26 heavy (non-hydrogen) atoms. The molecule has 2 aliphatic heterocycles. The zero-order chi connectivity index (χ0) is 19.1. The highest BCUT2D eigenvalue weighted by Crippen LogP contribution is 2.39. The highest BCUT2D eigenvalue weighted by atomic mass is 32.2. The van der Waals surface area contributed by atoms with E-state index >= 15 is 0 Å². The third kappa shape index (κ3) is 2.70. The van der Waals surface area contributed by atoms with Gasteiger partial charge >= 0.3 is 0 Å². The van der Waals surface area contributed by atoms with Crippen LogP contribution in [0.4, 0.5) is 0 Å². The lowest BCUT2D eigenvalue weighted by molar-refractivity contribution is -0.129. The van der Waals surface area contributed by atoms with Crippen LogP contribution in [0.25, 0.3) is 0 Å². The number of carbonyl (C=O) groups excluding carboxylic acids is 2. The molecule has 2 aliphatic rings. The number of piperidine rings is 1. The lowest BCUT2D eigenvalue weighted by atomic mass is 10.0. The summed E-state index contributed by atoms with van der Waals surface area (Å²) in [6.45, 7) is 0.536. The Morgan fingerprint density at radius 2 is 1.73 bits per heavy atom. The maximum atomic E-state index is 12.8. The maximum Gasteiger partial charge on any atom is 0.253 e. The van der Waals surface area contributed by atoms with Gasteiger partial charge in [-0.25, -0.2) is 8.42 Å². The Kier molecular flexibility index (Phi) is 4.60. The number of nitrogens with zero attached hydrogens (tertiary/aromatic N) is 2. The molecule has 0 radical (unpaired) electrons. The summed E-state index contributed by atoms with van der Waals surface area (Å²) in [6, 6.07) is 4.91. The average molecular weight is 382 g/mol. The van der Waals surface area contributed by atoms with E-state index < -0.39 is 20.5 Å². The van der Waals surface area contributed by atoms with Crippen LogP contribution in [0.15, 0.2) is 18.2 Å². The molecule has 0 aliphatic carbocycles. The Labute approximate surface area is 152 Å². The molecule has 9 heteroatoms. The van der Waals surface area contributed by atoms with Crippen LogP contribution in [0.2, 0.25) is 0 Å². The maximum absolute atomic E-state index is 12.8. The lowest BCUT2D eigenvalue weighted by Crippen LogP contribution is -2.55. The quantitative estimate of drug-likeness (QED) is 0.757. The smallest absolute Gasteiger partial charge is 0.253 e. The first-order valence-corrected chi connectivity index (χ1v) is 9.91. The SMILES string of the molecule is COc1ccc(C(=O)N2CCC3(CC2)N(C)C(=O)CS3(=O)=O)cc1OC. The third-order valence-corrected chi connectivity index (χ3v) is 7.81. The molecular formula is C17H22N2O6S. The van der Waals surface area contributed by atoms with Gasteiger partial charge in [0.15, 0.2) is 21.3 Å². The van der Waals surface area contributed by atoms with E-state index in [0.29, 0.717) is 17.1 Å². The number of ether oxygens (including phenoxy) is 2. The van der Waals surface area contributed by atoms with E-state index in [2.05, 4.69) is 0 Å². The van der Waals surface area contributed by atoms with Gasteiger partial charge in [-0.3, -0.25) is 9.59 Å². The van der Waals surface area contributed by atoms with Crippen LogP contribution in [-0.4, -0.2) is 75.0 Å². The summed E-state index contributed by atoms with van der Waals surface area (Å²) >= 11 is 0. The molecule has 8 nitrogen and oxygen atoms in total. The second-order valence-corrected chi connectivity index (χ2v) is 8.80. The Bertz CT molecular complexity index is 843. The first-order chi connectivity index (χ1) is 12.3. The van der Waals surface area contributed by atoms with Gasteiger partial charge in [-0.2, -0.15) is 0 Å². The standard InChI is InChI=1S/C17H22N2O6S/c1-18-15(20)11-26(22,23)17(18)6-8-19(9-7-17)16(21)12-4-5-13(24-2)14(10-12)25-3/h4-5,10H,6-9,11H2,1-3H3. The molecule has 2 amide bonds. The third-order valence-electron chi connectivity index (χ3n) is 5.34. The summed E-state index contributed by atoms with van der Waals surface area (Å²) in [5.41, 5.74) is 0.442. The van der Waals surface area contributed by atoms with E-state index in [-0.39, 0.29) is 37.7 Å². The van der Waals surface area contributed by atoms with Gasteiger partial charge < -0.3 is 19.3 Å². The van der Waals surface area contributed by atoms with E-state index in [1.807, 2.05) is 0 Å². The molecule has 0 bridgehead atoms. The molecule has 2 heterocycles. The van der Waals surface area contributed by atoms with E-state index in [1.165, 1.54) is 26.2 Å². The Morgan fingerprint density at radius 3 is 2.23 bits per heavy atom. The summed E-state index contributed by atoms with van der Waals surface area (Å²) in [4.78, 5) is 26.4. The minimum Gasteiger partial charge on any atom is -0.493 e. The Morgan fingerprint density at radius 1 is 1.12 bits per heavy atom. The zero-order valence-electron chi connectivity index (χ0n) is 15.0. The summed E-state index contributed by atoms with van der Waals surface area (Å²) in [6.07, 6.45) is 0.438. The van der Waals surface area contributed by atoms with Crippen molar-refractivity contribution in [3.63, 3.8) is 0 Å². The van der Waals surface area contributed by atoms with Crippen LogP contribution in [0, 0.1) is 0 Å². The van der Waals surface area contributed by atoms with Gasteiger partial charge in [0.1, 0.15) is 10.6 Å². The van der Waals surface area contributed by atoms with Crippen molar-refractivity contribution < 1.29 is 27.5 Å². The largest absolute Gasteiger partial charge is 0.493 e. The monoisotopic (exact) mass is 382 g/mol. The van der Waals surface area contributed by atoms with Gasteiger partial charge in [0.05, 0.1) is 14.2 Å². The number of sulfone groups is 1. The minimum atomic E-state index is -3.54. The number of methoxy groups -OCH3 is 2. The zero-order valence-corrected chi connectivity index (χ0v) is 15.8. The van der Waals surface area contributed by atoms with Gasteiger partial charge in [0.2, 0.25) is 5.91 Å². The van der Waals surface area contributed by atoms with Crippen LogP contribution in [-0.2, 0) is 14.6 Å². The molecule has 1 spiro atoms. The number of rotatable bonds is 3. The molecule has 1 aromatic carbocycles. The molecule has 0 unspecified atom stereocenters. The van der Waals surface area contributed by atoms with Crippen LogP contribution in [0.5, 0.6) is 11.5 Å². The second kappa shape index (κ2) is 6.46. The van der Waals surface area contributed by atoms with Crippen LogP contribution < -0.4 is 9.47 Å². The van der Waals surface area contributed by atoms with Crippen molar-refractivity contribution in [2.75, 3.05) is 40.1 Å². The second-order valence-electron chi connectivity index (χ2n) is 6.52. The summed E-state index contributed by atoms with van der Waals surface area (Å²) in [5, 5.41) is 0. The van der Waals surface area contributed by atoms with Gasteiger partial charge in [-0.15, -0.1) is 0 Å². The lowest BCUT2D eigenvalue weighted by Gasteiger charge is -2.41. The summed E-state index contributed by atoms with van der Waals surface area (Å²) < 4.78 is 35.3. The van der Waals surface area contributed by atoms with Crippen molar-refractivity contribution in [3.05, 3.63) is 23.8 Å². The fourth-order valence-corrected chi connectivity index (χ4v) is 5.80. The normalized spacial score (nSPS) is 21.1. The number of amides is 2.